The standard InChI is InChI=1S/C22H25N5O2.C2HF3O2/c1-24-11-17(10-23-24)12-25-14-20-21(15-25)27(22(28)19-4-3-9-26(19)20)13-16-5-7-18(29-2)8-6-16;3-2(4,5)1(6)7/h3-11,20-21H,12-15H2,1-2H3;(H,6,7). The number of carboxylic acids is 1. The number of alkyl halides is 3. The monoisotopic (exact) mass is 505 g/mol. The summed E-state index contributed by atoms with van der Waals surface area (Å²) in [7, 11) is 3.60. The Morgan fingerprint density at radius 3 is 2.36 bits per heavy atom. The zero-order chi connectivity index (χ0) is 26.0. The molecule has 2 aromatic heterocycles. The molecule has 0 radical (unpaired) electrons. The summed E-state index contributed by atoms with van der Waals surface area (Å²) >= 11 is 0. The van der Waals surface area contributed by atoms with Gasteiger partial charge in [0.1, 0.15) is 11.4 Å². The summed E-state index contributed by atoms with van der Waals surface area (Å²) in [4.78, 5) is 26.6. The maximum absolute atomic E-state index is 13.3. The molecule has 1 amide bonds. The van der Waals surface area contributed by atoms with Crippen LogP contribution in [0.3, 0.4) is 0 Å². The van der Waals surface area contributed by atoms with Crippen LogP contribution in [-0.2, 0) is 24.9 Å². The molecule has 1 aromatic carbocycles. The molecular weight excluding hydrogens is 479 g/mol. The highest BCUT2D eigenvalue weighted by Gasteiger charge is 2.44. The Hall–Kier alpha value is -3.80. The summed E-state index contributed by atoms with van der Waals surface area (Å²) in [6, 6.07) is 12.3. The lowest BCUT2D eigenvalue weighted by molar-refractivity contribution is -0.192. The second-order valence-corrected chi connectivity index (χ2v) is 8.74. The molecule has 12 heteroatoms. The zero-order valence-electron chi connectivity index (χ0n) is 19.7. The Labute approximate surface area is 205 Å². The van der Waals surface area contributed by atoms with Crippen LogP contribution in [-0.4, -0.2) is 73.5 Å². The van der Waals surface area contributed by atoms with Crippen molar-refractivity contribution >= 4 is 11.9 Å². The van der Waals surface area contributed by atoms with Gasteiger partial charge in [-0.1, -0.05) is 12.1 Å². The van der Waals surface area contributed by atoms with Crippen LogP contribution in [0.4, 0.5) is 13.2 Å². The lowest BCUT2D eigenvalue weighted by Crippen LogP contribution is -2.49. The lowest BCUT2D eigenvalue weighted by Gasteiger charge is -2.38. The number of carbonyl (C=O) groups excluding carboxylic acids is 1. The summed E-state index contributed by atoms with van der Waals surface area (Å²) in [6.07, 6.45) is 0.940. The Balaban J connectivity index is 0.000000384. The Kier molecular flexibility index (Phi) is 7.07. The molecule has 0 aliphatic carbocycles. The molecule has 2 aliphatic heterocycles. The smallest absolute Gasteiger partial charge is 0.490 e. The van der Waals surface area contributed by atoms with E-state index in [4.69, 9.17) is 14.6 Å². The van der Waals surface area contributed by atoms with Gasteiger partial charge in [0.05, 0.1) is 25.4 Å². The second-order valence-electron chi connectivity index (χ2n) is 8.74. The van der Waals surface area contributed by atoms with E-state index in [1.807, 2.05) is 65.4 Å². The number of methoxy groups -OCH3 is 1. The third-order valence-corrected chi connectivity index (χ3v) is 6.27. The van der Waals surface area contributed by atoms with Gasteiger partial charge >= 0.3 is 12.1 Å². The molecule has 1 N–H and O–H groups in total. The minimum atomic E-state index is -5.08. The predicted octanol–water partition coefficient (Wildman–Crippen LogP) is 2.95. The molecule has 2 unspecified atom stereocenters. The topological polar surface area (TPSA) is 92.8 Å². The first-order valence-corrected chi connectivity index (χ1v) is 11.2. The fourth-order valence-corrected chi connectivity index (χ4v) is 4.65. The summed E-state index contributed by atoms with van der Waals surface area (Å²) < 4.78 is 41.0. The zero-order valence-corrected chi connectivity index (χ0v) is 19.7. The van der Waals surface area contributed by atoms with Gasteiger partial charge in [0.2, 0.25) is 0 Å². The van der Waals surface area contributed by atoms with E-state index < -0.39 is 12.1 Å². The van der Waals surface area contributed by atoms with Crippen LogP contribution in [0.2, 0.25) is 0 Å². The quantitative estimate of drug-likeness (QED) is 0.573. The van der Waals surface area contributed by atoms with E-state index in [2.05, 4.69) is 20.8 Å². The number of hydrogen-bond donors (Lipinski definition) is 1. The van der Waals surface area contributed by atoms with Crippen LogP contribution in [0.5, 0.6) is 5.75 Å². The number of benzene rings is 1. The number of rotatable bonds is 5. The number of fused-ring (bicyclic) bond motifs is 3. The number of halogens is 3. The van der Waals surface area contributed by atoms with Gasteiger partial charge in [-0.25, -0.2) is 4.79 Å². The maximum atomic E-state index is 13.3. The summed E-state index contributed by atoms with van der Waals surface area (Å²) in [5.41, 5.74) is 3.10. The van der Waals surface area contributed by atoms with Gasteiger partial charge in [-0.15, -0.1) is 0 Å². The summed E-state index contributed by atoms with van der Waals surface area (Å²) in [5, 5.41) is 11.4. The van der Waals surface area contributed by atoms with E-state index in [-0.39, 0.29) is 18.0 Å². The predicted molar refractivity (Wildman–Crippen MR) is 122 cm³/mol. The van der Waals surface area contributed by atoms with E-state index in [1.165, 1.54) is 5.56 Å². The molecule has 0 bridgehead atoms. The number of aromatic nitrogens is 3. The van der Waals surface area contributed by atoms with Crippen LogP contribution in [0, 0.1) is 0 Å². The average molecular weight is 505 g/mol. The highest BCUT2D eigenvalue weighted by atomic mass is 19.4. The van der Waals surface area contributed by atoms with Crippen molar-refractivity contribution in [2.75, 3.05) is 20.2 Å². The van der Waals surface area contributed by atoms with E-state index in [9.17, 15) is 18.0 Å². The van der Waals surface area contributed by atoms with Gasteiger partial charge in [-0.05, 0) is 29.8 Å². The van der Waals surface area contributed by atoms with Crippen LogP contribution in [0.1, 0.15) is 27.7 Å². The highest BCUT2D eigenvalue weighted by Crippen LogP contribution is 2.35. The van der Waals surface area contributed by atoms with E-state index in [0.717, 1.165) is 36.6 Å². The molecule has 4 heterocycles. The number of amides is 1. The number of carboxylic acid groups (broad SMARTS) is 1. The van der Waals surface area contributed by atoms with Gasteiger partial charge in [-0.3, -0.25) is 14.4 Å². The number of ether oxygens (including phenoxy) is 1. The van der Waals surface area contributed by atoms with Crippen LogP contribution < -0.4 is 4.74 Å². The number of hydrogen-bond acceptors (Lipinski definition) is 5. The van der Waals surface area contributed by atoms with Crippen molar-refractivity contribution in [3.05, 3.63) is 71.8 Å². The molecule has 192 valence electrons. The van der Waals surface area contributed by atoms with Crippen molar-refractivity contribution in [2.45, 2.75) is 31.3 Å². The van der Waals surface area contributed by atoms with Gasteiger partial charge in [0.25, 0.3) is 5.91 Å². The van der Waals surface area contributed by atoms with Crippen molar-refractivity contribution in [2.24, 2.45) is 7.05 Å². The number of carbonyl (C=O) groups is 2. The number of aryl methyl sites for hydroxylation is 1. The molecule has 0 saturated carbocycles. The normalized spacial score (nSPS) is 19.4. The Morgan fingerprint density at radius 2 is 1.78 bits per heavy atom. The minimum absolute atomic E-state index is 0.107. The van der Waals surface area contributed by atoms with Gasteiger partial charge in [0, 0.05) is 51.2 Å². The van der Waals surface area contributed by atoms with Crippen LogP contribution >= 0.6 is 0 Å². The SMILES string of the molecule is COc1ccc(CN2C(=O)c3cccn3C3CN(Cc4cnn(C)c4)CC32)cc1.O=C(O)C(F)(F)F. The molecule has 1 saturated heterocycles. The van der Waals surface area contributed by atoms with Crippen molar-refractivity contribution in [1.29, 1.82) is 0 Å². The molecule has 9 nitrogen and oxygen atoms in total. The summed E-state index contributed by atoms with van der Waals surface area (Å²) in [5.74, 6) is -1.82. The first-order valence-electron chi connectivity index (χ1n) is 11.2. The molecule has 3 aromatic rings. The number of nitrogens with zero attached hydrogens (tertiary/aromatic N) is 5. The summed E-state index contributed by atoms with van der Waals surface area (Å²) in [6.45, 7) is 3.24. The van der Waals surface area contributed by atoms with Gasteiger partial charge in [0.15, 0.2) is 0 Å². The fourth-order valence-electron chi connectivity index (χ4n) is 4.65. The minimum Gasteiger partial charge on any atom is -0.497 e. The Morgan fingerprint density at radius 1 is 1.11 bits per heavy atom. The molecule has 0 spiro atoms. The van der Waals surface area contributed by atoms with Crippen molar-refractivity contribution in [3.8, 4) is 5.75 Å². The highest BCUT2D eigenvalue weighted by molar-refractivity contribution is 5.94. The van der Waals surface area contributed by atoms with Crippen molar-refractivity contribution in [3.63, 3.8) is 0 Å². The third-order valence-electron chi connectivity index (χ3n) is 6.27. The number of aliphatic carboxylic acids is 1. The van der Waals surface area contributed by atoms with Crippen LogP contribution in [0.15, 0.2) is 55.0 Å². The molecular formula is C24H26F3N5O4. The van der Waals surface area contributed by atoms with Gasteiger partial charge < -0.3 is 19.3 Å². The Bertz CT molecular complexity index is 1220. The largest absolute Gasteiger partial charge is 0.497 e. The first kappa shape index (κ1) is 25.3. The lowest BCUT2D eigenvalue weighted by atomic mass is 10.0. The molecule has 36 heavy (non-hydrogen) atoms. The van der Waals surface area contributed by atoms with Crippen molar-refractivity contribution < 1.29 is 32.6 Å². The van der Waals surface area contributed by atoms with Crippen LogP contribution in [0.25, 0.3) is 0 Å². The molecule has 1 fully saturated rings. The number of likely N-dealkylation sites (tertiary alicyclic amines) is 1. The molecule has 2 atom stereocenters. The van der Waals surface area contributed by atoms with E-state index in [1.54, 1.807) is 7.11 Å². The second kappa shape index (κ2) is 10.1. The average Bonchev–Trinajstić information content (AvgIpc) is 3.57. The van der Waals surface area contributed by atoms with Crippen molar-refractivity contribution in [1.82, 2.24) is 24.1 Å². The van der Waals surface area contributed by atoms with E-state index in [0.29, 0.717) is 6.54 Å². The maximum Gasteiger partial charge on any atom is 0.490 e. The van der Waals surface area contributed by atoms with E-state index >= 15 is 0 Å². The molecule has 2 aliphatic rings. The first-order chi connectivity index (χ1) is 17.1. The third kappa shape index (κ3) is 5.38. The molecule has 5 rings (SSSR count). The van der Waals surface area contributed by atoms with Gasteiger partial charge in [-0.2, -0.15) is 18.3 Å². The fraction of sp³-hybridized carbons (Fsp3) is 0.375.